The molecule has 2 nitrogen and oxygen atoms in total. The number of aromatic hydroxyl groups is 1. The Hall–Kier alpha value is -1.70. The highest BCUT2D eigenvalue weighted by atomic mass is 16.5. The summed E-state index contributed by atoms with van der Waals surface area (Å²) in [4.78, 5) is 0. The molecule has 2 heteroatoms. The summed E-state index contributed by atoms with van der Waals surface area (Å²) < 4.78 is 5.97. The van der Waals surface area contributed by atoms with Crippen molar-refractivity contribution in [2.75, 3.05) is 0 Å². The zero-order valence-electron chi connectivity index (χ0n) is 9.45. The minimum atomic E-state index is -0.117. The molecule has 2 aromatic rings. The maximum atomic E-state index is 9.44. The van der Waals surface area contributed by atoms with Gasteiger partial charge in [-0.05, 0) is 43.0 Å². The molecule has 0 aromatic heterocycles. The van der Waals surface area contributed by atoms with Crippen LogP contribution < -0.4 is 4.74 Å². The molecular formula is C14H14O2. The van der Waals surface area contributed by atoms with Crippen LogP contribution in [0, 0.1) is 0 Å². The number of hydrogen-bond acceptors (Lipinski definition) is 2. The Morgan fingerprint density at radius 1 is 1.19 bits per heavy atom. The number of fused-ring (bicyclic) bond motifs is 3. The van der Waals surface area contributed by atoms with Gasteiger partial charge in [0.1, 0.15) is 17.1 Å². The Morgan fingerprint density at radius 2 is 2.00 bits per heavy atom. The van der Waals surface area contributed by atoms with E-state index in [-0.39, 0.29) is 5.60 Å². The van der Waals surface area contributed by atoms with Gasteiger partial charge in [0.2, 0.25) is 0 Å². The van der Waals surface area contributed by atoms with Crippen LogP contribution in [0.1, 0.15) is 19.4 Å². The summed E-state index contributed by atoms with van der Waals surface area (Å²) in [5.41, 5.74) is 1.14. The van der Waals surface area contributed by atoms with Crippen LogP contribution in [0.25, 0.3) is 10.8 Å². The number of rotatable bonds is 0. The minimum absolute atomic E-state index is 0.117. The third-order valence-corrected chi connectivity index (χ3v) is 3.03. The van der Waals surface area contributed by atoms with E-state index in [2.05, 4.69) is 19.9 Å². The molecule has 0 aliphatic carbocycles. The van der Waals surface area contributed by atoms with Gasteiger partial charge >= 0.3 is 0 Å². The first-order chi connectivity index (χ1) is 7.55. The summed E-state index contributed by atoms with van der Waals surface area (Å²) in [7, 11) is 0. The van der Waals surface area contributed by atoms with E-state index in [0.29, 0.717) is 5.75 Å². The van der Waals surface area contributed by atoms with Crippen molar-refractivity contribution in [1.82, 2.24) is 0 Å². The number of phenols is 1. The standard InChI is InChI=1S/C14H14O2/c1-14(2)8-10-4-3-9-7-11(15)5-6-12(9)13(10)16-14/h3-7,15H,8H2,1-2H3. The zero-order chi connectivity index (χ0) is 11.3. The van der Waals surface area contributed by atoms with Gasteiger partial charge in [0.25, 0.3) is 0 Å². The van der Waals surface area contributed by atoms with Crippen LogP contribution in [0.3, 0.4) is 0 Å². The van der Waals surface area contributed by atoms with E-state index in [9.17, 15) is 5.11 Å². The molecule has 1 aliphatic heterocycles. The van der Waals surface area contributed by atoms with Crippen molar-refractivity contribution in [3.05, 3.63) is 35.9 Å². The second-order valence-electron chi connectivity index (χ2n) is 5.00. The molecular weight excluding hydrogens is 200 g/mol. The number of phenolic OH excluding ortho intramolecular Hbond substituents is 1. The van der Waals surface area contributed by atoms with Gasteiger partial charge in [0.15, 0.2) is 0 Å². The van der Waals surface area contributed by atoms with E-state index in [1.165, 1.54) is 5.56 Å². The Kier molecular flexibility index (Phi) is 1.73. The molecule has 0 unspecified atom stereocenters. The molecule has 2 aromatic carbocycles. The van der Waals surface area contributed by atoms with Crippen molar-refractivity contribution >= 4 is 10.8 Å². The van der Waals surface area contributed by atoms with Gasteiger partial charge in [-0.1, -0.05) is 12.1 Å². The molecule has 1 N–H and O–H groups in total. The summed E-state index contributed by atoms with van der Waals surface area (Å²) in [5, 5.41) is 11.5. The quantitative estimate of drug-likeness (QED) is 0.729. The molecule has 3 rings (SSSR count). The summed E-state index contributed by atoms with van der Waals surface area (Å²) in [6, 6.07) is 9.52. The maximum Gasteiger partial charge on any atom is 0.131 e. The number of benzene rings is 2. The SMILES string of the molecule is CC1(C)Cc2ccc3cc(O)ccc3c2O1. The molecule has 82 valence electrons. The van der Waals surface area contributed by atoms with Crippen LogP contribution >= 0.6 is 0 Å². The fourth-order valence-corrected chi connectivity index (χ4v) is 2.36. The molecule has 0 atom stereocenters. The van der Waals surface area contributed by atoms with E-state index in [1.54, 1.807) is 12.1 Å². The molecule has 0 radical (unpaired) electrons. The molecule has 0 bridgehead atoms. The van der Waals surface area contributed by atoms with E-state index in [0.717, 1.165) is 22.9 Å². The van der Waals surface area contributed by atoms with Gasteiger partial charge in [-0.2, -0.15) is 0 Å². The summed E-state index contributed by atoms with van der Waals surface area (Å²) in [6.45, 7) is 4.19. The van der Waals surface area contributed by atoms with Crippen molar-refractivity contribution in [1.29, 1.82) is 0 Å². The first kappa shape index (κ1) is 9.52. The van der Waals surface area contributed by atoms with Crippen LogP contribution in [-0.4, -0.2) is 10.7 Å². The van der Waals surface area contributed by atoms with Gasteiger partial charge in [0, 0.05) is 11.8 Å². The normalized spacial score (nSPS) is 17.1. The lowest BCUT2D eigenvalue weighted by Crippen LogP contribution is -2.24. The van der Waals surface area contributed by atoms with Gasteiger partial charge in [-0.3, -0.25) is 0 Å². The van der Waals surface area contributed by atoms with Crippen molar-refractivity contribution in [2.45, 2.75) is 25.9 Å². The second kappa shape index (κ2) is 2.91. The van der Waals surface area contributed by atoms with Gasteiger partial charge in [-0.25, -0.2) is 0 Å². The fourth-order valence-electron chi connectivity index (χ4n) is 2.36. The van der Waals surface area contributed by atoms with E-state index >= 15 is 0 Å². The monoisotopic (exact) mass is 214 g/mol. The minimum Gasteiger partial charge on any atom is -0.508 e. The Bertz CT molecular complexity index is 570. The lowest BCUT2D eigenvalue weighted by Gasteiger charge is -2.17. The average Bonchev–Trinajstić information content (AvgIpc) is 2.52. The lowest BCUT2D eigenvalue weighted by atomic mass is 9.99. The first-order valence-corrected chi connectivity index (χ1v) is 5.49. The molecule has 0 saturated carbocycles. The van der Waals surface area contributed by atoms with E-state index in [1.807, 2.05) is 12.1 Å². The maximum absolute atomic E-state index is 9.44. The largest absolute Gasteiger partial charge is 0.508 e. The zero-order valence-corrected chi connectivity index (χ0v) is 9.45. The predicted molar refractivity (Wildman–Crippen MR) is 64.0 cm³/mol. The Labute approximate surface area is 94.5 Å². The highest BCUT2D eigenvalue weighted by Crippen LogP contribution is 2.40. The van der Waals surface area contributed by atoms with E-state index in [4.69, 9.17) is 4.74 Å². The van der Waals surface area contributed by atoms with Gasteiger partial charge < -0.3 is 9.84 Å². The van der Waals surface area contributed by atoms with Crippen molar-refractivity contribution in [3.8, 4) is 11.5 Å². The first-order valence-electron chi connectivity index (χ1n) is 5.49. The molecule has 0 saturated heterocycles. The Balaban J connectivity index is 2.28. The predicted octanol–water partition coefficient (Wildman–Crippen LogP) is 3.26. The van der Waals surface area contributed by atoms with E-state index < -0.39 is 0 Å². The van der Waals surface area contributed by atoms with Gasteiger partial charge in [-0.15, -0.1) is 0 Å². The summed E-state index contributed by atoms with van der Waals surface area (Å²) in [5.74, 6) is 1.27. The highest BCUT2D eigenvalue weighted by Gasteiger charge is 2.31. The van der Waals surface area contributed by atoms with Crippen molar-refractivity contribution in [2.24, 2.45) is 0 Å². The molecule has 0 amide bonds. The number of hydrogen-bond donors (Lipinski definition) is 1. The third kappa shape index (κ3) is 1.33. The van der Waals surface area contributed by atoms with Crippen molar-refractivity contribution in [3.63, 3.8) is 0 Å². The van der Waals surface area contributed by atoms with Gasteiger partial charge in [0.05, 0.1) is 0 Å². The molecule has 1 aliphatic rings. The molecule has 0 spiro atoms. The lowest BCUT2D eigenvalue weighted by molar-refractivity contribution is 0.140. The van der Waals surface area contributed by atoms with Crippen LogP contribution in [0.5, 0.6) is 11.5 Å². The molecule has 0 fully saturated rings. The smallest absolute Gasteiger partial charge is 0.131 e. The van der Waals surface area contributed by atoms with Crippen LogP contribution in [0.4, 0.5) is 0 Å². The topological polar surface area (TPSA) is 29.5 Å². The summed E-state index contributed by atoms with van der Waals surface area (Å²) in [6.07, 6.45) is 0.944. The van der Waals surface area contributed by atoms with Crippen LogP contribution in [0.15, 0.2) is 30.3 Å². The Morgan fingerprint density at radius 3 is 2.81 bits per heavy atom. The number of ether oxygens (including phenoxy) is 1. The third-order valence-electron chi connectivity index (χ3n) is 3.03. The average molecular weight is 214 g/mol. The van der Waals surface area contributed by atoms with Crippen LogP contribution in [0.2, 0.25) is 0 Å². The fraction of sp³-hybridized carbons (Fsp3) is 0.286. The summed E-state index contributed by atoms with van der Waals surface area (Å²) >= 11 is 0. The molecule has 16 heavy (non-hydrogen) atoms. The second-order valence-corrected chi connectivity index (χ2v) is 5.00. The van der Waals surface area contributed by atoms with Crippen LogP contribution in [-0.2, 0) is 6.42 Å². The van der Waals surface area contributed by atoms with Crippen molar-refractivity contribution < 1.29 is 9.84 Å². The molecule has 1 heterocycles. The highest BCUT2D eigenvalue weighted by molar-refractivity contribution is 5.91.